The van der Waals surface area contributed by atoms with Crippen LogP contribution in [0.5, 0.6) is 0 Å². The minimum absolute atomic E-state index is 0.498. The van der Waals surface area contributed by atoms with Crippen molar-refractivity contribution < 1.29 is 4.74 Å². The Balaban J connectivity index is 2.41. The Morgan fingerprint density at radius 1 is 1.67 bits per heavy atom. The van der Waals surface area contributed by atoms with Crippen molar-refractivity contribution in [1.29, 1.82) is 0 Å². The van der Waals surface area contributed by atoms with Gasteiger partial charge in [-0.2, -0.15) is 0 Å². The van der Waals surface area contributed by atoms with Crippen molar-refractivity contribution in [3.8, 4) is 0 Å². The van der Waals surface area contributed by atoms with Gasteiger partial charge < -0.3 is 10.1 Å². The molecule has 0 aromatic carbocycles. The first-order valence-electron chi connectivity index (χ1n) is 3.67. The van der Waals surface area contributed by atoms with Gasteiger partial charge >= 0.3 is 0 Å². The lowest BCUT2D eigenvalue weighted by molar-refractivity contribution is 0.211. The lowest BCUT2D eigenvalue weighted by atomic mass is 10.4. The van der Waals surface area contributed by atoms with Gasteiger partial charge in [0, 0.05) is 25.5 Å². The quantitative estimate of drug-likeness (QED) is 0.575. The van der Waals surface area contributed by atoms with Crippen LogP contribution in [0.15, 0.2) is 18.3 Å². The summed E-state index contributed by atoms with van der Waals surface area (Å²) in [6, 6.07) is 3.64. The van der Waals surface area contributed by atoms with Crippen molar-refractivity contribution in [3.63, 3.8) is 0 Å². The first-order chi connectivity index (χ1) is 5.83. The van der Waals surface area contributed by atoms with Crippen molar-refractivity contribution >= 4 is 17.3 Å². The van der Waals surface area contributed by atoms with Gasteiger partial charge in [-0.1, -0.05) is 11.6 Å². The molecule has 1 aromatic rings. The average Bonchev–Trinajstić information content (AvgIpc) is 2.05. The molecule has 1 N–H and O–H groups in total. The van der Waals surface area contributed by atoms with E-state index in [2.05, 4.69) is 10.3 Å². The molecule has 0 bridgehead atoms. The summed E-state index contributed by atoms with van der Waals surface area (Å²) in [7, 11) is 1.67. The summed E-state index contributed by atoms with van der Waals surface area (Å²) in [5, 5.41) is 3.63. The van der Waals surface area contributed by atoms with Crippen molar-refractivity contribution in [1.82, 2.24) is 4.98 Å². The topological polar surface area (TPSA) is 34.1 Å². The molecule has 0 amide bonds. The highest BCUT2D eigenvalue weighted by Crippen LogP contribution is 2.10. The van der Waals surface area contributed by atoms with Gasteiger partial charge in [-0.3, -0.25) is 0 Å². The predicted molar refractivity (Wildman–Crippen MR) is 49.6 cm³/mol. The van der Waals surface area contributed by atoms with Crippen LogP contribution < -0.4 is 5.32 Å². The molecule has 0 saturated heterocycles. The zero-order chi connectivity index (χ0) is 8.81. The third-order valence-corrected chi connectivity index (χ3v) is 1.57. The smallest absolute Gasteiger partial charge is 0.131 e. The van der Waals surface area contributed by atoms with Crippen LogP contribution in [-0.2, 0) is 4.74 Å². The molecular formula is C8H11ClN2O. The molecule has 4 heteroatoms. The Bertz CT molecular complexity index is 242. The largest absolute Gasteiger partial charge is 0.383 e. The second-order valence-electron chi connectivity index (χ2n) is 2.29. The third-order valence-electron chi connectivity index (χ3n) is 1.36. The molecule has 0 atom stereocenters. The van der Waals surface area contributed by atoms with Crippen LogP contribution in [0.25, 0.3) is 0 Å². The molecule has 0 spiro atoms. The maximum absolute atomic E-state index is 5.68. The molecule has 0 fully saturated rings. The number of anilines is 1. The van der Waals surface area contributed by atoms with E-state index in [0.717, 1.165) is 12.2 Å². The predicted octanol–water partition coefficient (Wildman–Crippen LogP) is 1.79. The Morgan fingerprint density at radius 3 is 3.17 bits per heavy atom. The number of hydrogen-bond donors (Lipinski definition) is 1. The number of nitrogens with one attached hydrogen (secondary N) is 1. The van der Waals surface area contributed by atoms with Gasteiger partial charge in [-0.05, 0) is 12.1 Å². The van der Waals surface area contributed by atoms with E-state index in [4.69, 9.17) is 16.3 Å². The van der Waals surface area contributed by atoms with Crippen molar-refractivity contribution in [3.05, 3.63) is 23.5 Å². The number of halogens is 1. The first kappa shape index (κ1) is 9.29. The molecule has 1 aromatic heterocycles. The first-order valence-corrected chi connectivity index (χ1v) is 4.05. The highest BCUT2D eigenvalue weighted by Gasteiger charge is 1.92. The molecule has 1 heterocycles. The Kier molecular flexibility index (Phi) is 3.84. The van der Waals surface area contributed by atoms with Crippen LogP contribution in [0.2, 0.25) is 5.15 Å². The molecule has 0 unspecified atom stereocenters. The van der Waals surface area contributed by atoms with E-state index in [1.165, 1.54) is 0 Å². The van der Waals surface area contributed by atoms with E-state index in [1.54, 1.807) is 19.4 Å². The Morgan fingerprint density at radius 2 is 2.50 bits per heavy atom. The summed E-state index contributed by atoms with van der Waals surface area (Å²) in [5.74, 6) is 0. The Hall–Kier alpha value is -0.800. The van der Waals surface area contributed by atoms with Gasteiger partial charge in [0.15, 0.2) is 0 Å². The van der Waals surface area contributed by atoms with E-state index in [1.807, 2.05) is 6.07 Å². The van der Waals surface area contributed by atoms with Crippen molar-refractivity contribution in [2.24, 2.45) is 0 Å². The summed E-state index contributed by atoms with van der Waals surface area (Å²) in [6.45, 7) is 1.46. The second kappa shape index (κ2) is 4.95. The highest BCUT2D eigenvalue weighted by atomic mass is 35.5. The number of aromatic nitrogens is 1. The number of ether oxygens (including phenoxy) is 1. The Labute approximate surface area is 76.7 Å². The van der Waals surface area contributed by atoms with Gasteiger partial charge in [-0.15, -0.1) is 0 Å². The fourth-order valence-electron chi connectivity index (χ4n) is 0.810. The van der Waals surface area contributed by atoms with Crippen LogP contribution in [0.3, 0.4) is 0 Å². The molecule has 3 nitrogen and oxygen atoms in total. The van der Waals surface area contributed by atoms with Crippen LogP contribution in [0, 0.1) is 0 Å². The fourth-order valence-corrected chi connectivity index (χ4v) is 0.984. The molecule has 0 saturated carbocycles. The molecular weight excluding hydrogens is 176 g/mol. The number of hydrogen-bond acceptors (Lipinski definition) is 3. The van der Waals surface area contributed by atoms with Crippen LogP contribution in [0.4, 0.5) is 5.69 Å². The zero-order valence-corrected chi connectivity index (χ0v) is 7.64. The van der Waals surface area contributed by atoms with Gasteiger partial charge in [0.25, 0.3) is 0 Å². The van der Waals surface area contributed by atoms with E-state index in [9.17, 15) is 0 Å². The molecule has 0 radical (unpaired) electrons. The van der Waals surface area contributed by atoms with Gasteiger partial charge in [0.05, 0.1) is 6.61 Å². The van der Waals surface area contributed by atoms with Crippen molar-refractivity contribution in [2.45, 2.75) is 0 Å². The molecule has 1 rings (SSSR count). The number of rotatable bonds is 4. The molecule has 0 aliphatic heterocycles. The van der Waals surface area contributed by atoms with Gasteiger partial charge in [0.2, 0.25) is 0 Å². The zero-order valence-electron chi connectivity index (χ0n) is 6.88. The fraction of sp³-hybridized carbons (Fsp3) is 0.375. The summed E-state index contributed by atoms with van der Waals surface area (Å²) in [4.78, 5) is 3.86. The van der Waals surface area contributed by atoms with Crippen LogP contribution in [0.1, 0.15) is 0 Å². The minimum atomic E-state index is 0.498. The van der Waals surface area contributed by atoms with Crippen molar-refractivity contribution in [2.75, 3.05) is 25.6 Å². The summed E-state index contributed by atoms with van der Waals surface area (Å²) in [6.07, 6.45) is 1.66. The number of nitrogens with zero attached hydrogens (tertiary/aromatic N) is 1. The maximum atomic E-state index is 5.68. The summed E-state index contributed by atoms with van der Waals surface area (Å²) in [5.41, 5.74) is 0.965. The molecule has 0 aliphatic carbocycles. The average molecular weight is 187 g/mol. The van der Waals surface area contributed by atoms with Gasteiger partial charge in [-0.25, -0.2) is 4.98 Å². The summed E-state index contributed by atoms with van der Waals surface area (Å²) >= 11 is 5.68. The highest BCUT2D eigenvalue weighted by molar-refractivity contribution is 6.29. The van der Waals surface area contributed by atoms with E-state index in [-0.39, 0.29) is 0 Å². The lowest BCUT2D eigenvalue weighted by Gasteiger charge is -2.04. The van der Waals surface area contributed by atoms with Gasteiger partial charge in [0.1, 0.15) is 5.15 Å². The van der Waals surface area contributed by atoms with Crippen LogP contribution in [-0.4, -0.2) is 25.2 Å². The van der Waals surface area contributed by atoms with E-state index >= 15 is 0 Å². The monoisotopic (exact) mass is 186 g/mol. The molecule has 0 aliphatic rings. The van der Waals surface area contributed by atoms with Crippen LogP contribution >= 0.6 is 11.6 Å². The van der Waals surface area contributed by atoms with E-state index < -0.39 is 0 Å². The lowest BCUT2D eigenvalue weighted by Crippen LogP contribution is -2.07. The standard InChI is InChI=1S/C8H11ClN2O/c1-12-5-4-10-7-2-3-11-8(9)6-7/h2-3,6H,4-5H2,1H3,(H,10,11). The number of pyridine rings is 1. The third kappa shape index (κ3) is 3.07. The normalized spacial score (nSPS) is 9.83. The van der Waals surface area contributed by atoms with E-state index in [0.29, 0.717) is 11.8 Å². The summed E-state index contributed by atoms with van der Waals surface area (Å²) < 4.78 is 4.88. The molecule has 12 heavy (non-hydrogen) atoms. The number of methoxy groups -OCH3 is 1. The maximum Gasteiger partial charge on any atom is 0.131 e. The SMILES string of the molecule is COCCNc1ccnc(Cl)c1. The second-order valence-corrected chi connectivity index (χ2v) is 2.67. The molecule has 66 valence electrons. The minimum Gasteiger partial charge on any atom is -0.383 e.